The van der Waals surface area contributed by atoms with Crippen LogP contribution in [0.15, 0.2) is 22.8 Å². The van der Waals surface area contributed by atoms with Gasteiger partial charge in [-0.15, -0.1) is 0 Å². The van der Waals surface area contributed by atoms with Crippen molar-refractivity contribution in [3.8, 4) is 0 Å². The lowest BCUT2D eigenvalue weighted by Crippen LogP contribution is -2.13. The Kier molecular flexibility index (Phi) is 3.46. The zero-order valence-electron chi connectivity index (χ0n) is 10.3. The maximum absolute atomic E-state index is 13.5. The van der Waals surface area contributed by atoms with Gasteiger partial charge in [0.15, 0.2) is 0 Å². The van der Waals surface area contributed by atoms with Crippen molar-refractivity contribution in [2.75, 3.05) is 17.7 Å². The molecule has 0 aliphatic rings. The minimum absolute atomic E-state index is 0.0268. The Labute approximate surface area is 107 Å². The van der Waals surface area contributed by atoms with Crippen LogP contribution in [0.5, 0.6) is 0 Å². The van der Waals surface area contributed by atoms with E-state index >= 15 is 0 Å². The molecule has 0 saturated heterocycles. The van der Waals surface area contributed by atoms with E-state index < -0.39 is 17.5 Å². The van der Waals surface area contributed by atoms with Gasteiger partial charge < -0.3 is 9.73 Å². The molecule has 0 spiro atoms. The Balaban J connectivity index is 2.24. The highest BCUT2D eigenvalue weighted by molar-refractivity contribution is 6.03. The highest BCUT2D eigenvalue weighted by Gasteiger charge is 2.15. The van der Waals surface area contributed by atoms with Gasteiger partial charge in [-0.25, -0.2) is 8.78 Å². The van der Waals surface area contributed by atoms with Crippen LogP contribution in [-0.4, -0.2) is 17.9 Å². The topological polar surface area (TPSA) is 67.2 Å². The Bertz CT molecular complexity index is 602. The van der Waals surface area contributed by atoms with Gasteiger partial charge in [0, 0.05) is 12.6 Å². The second-order valence-electron chi connectivity index (χ2n) is 3.81. The number of hydrogen-bond acceptors (Lipinski definition) is 4. The molecule has 5 nitrogen and oxygen atoms in total. The number of rotatable bonds is 3. The van der Waals surface area contributed by atoms with Crippen LogP contribution in [0, 0.1) is 18.6 Å². The van der Waals surface area contributed by atoms with E-state index in [-0.39, 0.29) is 17.3 Å². The Morgan fingerprint density at radius 3 is 2.42 bits per heavy atom. The lowest BCUT2D eigenvalue weighted by atomic mass is 10.1. The number of nitrogens with zero attached hydrogens (tertiary/aromatic N) is 1. The summed E-state index contributed by atoms with van der Waals surface area (Å²) < 4.78 is 31.9. The van der Waals surface area contributed by atoms with Gasteiger partial charge in [0.2, 0.25) is 0 Å². The van der Waals surface area contributed by atoms with Crippen LogP contribution < -0.4 is 10.6 Å². The van der Waals surface area contributed by atoms with Gasteiger partial charge in [-0.3, -0.25) is 10.1 Å². The number of aromatic nitrogens is 1. The molecule has 0 saturated carbocycles. The first-order valence-electron chi connectivity index (χ1n) is 5.41. The number of carbonyl (C=O) groups excluding carboxylic acids is 1. The first-order valence-corrected chi connectivity index (χ1v) is 5.41. The molecule has 0 radical (unpaired) electrons. The van der Waals surface area contributed by atoms with Crippen molar-refractivity contribution in [3.05, 3.63) is 41.3 Å². The minimum atomic E-state index is -0.851. The van der Waals surface area contributed by atoms with E-state index in [9.17, 15) is 13.6 Å². The Morgan fingerprint density at radius 2 is 1.95 bits per heavy atom. The summed E-state index contributed by atoms with van der Waals surface area (Å²) >= 11 is 0. The van der Waals surface area contributed by atoms with Crippen molar-refractivity contribution >= 4 is 17.6 Å². The first kappa shape index (κ1) is 13.0. The monoisotopic (exact) mass is 267 g/mol. The molecule has 0 fully saturated rings. The third kappa shape index (κ3) is 2.70. The molecule has 19 heavy (non-hydrogen) atoms. The van der Waals surface area contributed by atoms with Crippen molar-refractivity contribution in [2.45, 2.75) is 6.92 Å². The molecular weight excluding hydrogens is 256 g/mol. The molecule has 0 bridgehead atoms. The number of amides is 1. The predicted octanol–water partition coefficient (Wildman–Crippen LogP) is 2.56. The minimum Gasteiger partial charge on any atom is -0.432 e. The van der Waals surface area contributed by atoms with Gasteiger partial charge in [-0.1, -0.05) is 0 Å². The van der Waals surface area contributed by atoms with Crippen molar-refractivity contribution in [1.82, 2.24) is 4.98 Å². The number of carbonyl (C=O) groups is 1. The van der Waals surface area contributed by atoms with Crippen LogP contribution in [-0.2, 0) is 0 Å². The maximum atomic E-state index is 13.5. The summed E-state index contributed by atoms with van der Waals surface area (Å²) in [5.74, 6) is -2.41. The summed E-state index contributed by atoms with van der Waals surface area (Å²) in [5.41, 5.74) is 0.131. The number of oxazole rings is 1. The molecule has 2 aromatic rings. The SMILES string of the molecule is CNc1c(F)cc(C(=O)Nc2nc(C)co2)cc1F. The van der Waals surface area contributed by atoms with Gasteiger partial charge >= 0.3 is 6.01 Å². The van der Waals surface area contributed by atoms with Crippen LogP contribution in [0.2, 0.25) is 0 Å². The fraction of sp³-hybridized carbons (Fsp3) is 0.167. The quantitative estimate of drug-likeness (QED) is 0.896. The number of hydrogen-bond donors (Lipinski definition) is 2. The highest BCUT2D eigenvalue weighted by atomic mass is 19.1. The molecule has 7 heteroatoms. The fourth-order valence-corrected chi connectivity index (χ4v) is 1.52. The van der Waals surface area contributed by atoms with Crippen molar-refractivity contribution in [3.63, 3.8) is 0 Å². The molecule has 2 N–H and O–H groups in total. The molecule has 1 amide bonds. The zero-order valence-corrected chi connectivity index (χ0v) is 10.3. The Hall–Kier alpha value is -2.44. The molecule has 2 rings (SSSR count). The average Bonchev–Trinajstić information content (AvgIpc) is 2.74. The molecular formula is C12H11F2N3O2. The van der Waals surface area contributed by atoms with Crippen LogP contribution in [0.3, 0.4) is 0 Å². The molecule has 1 aromatic carbocycles. The van der Waals surface area contributed by atoms with E-state index in [1.807, 2.05) is 0 Å². The predicted molar refractivity (Wildman–Crippen MR) is 65.1 cm³/mol. The smallest absolute Gasteiger partial charge is 0.301 e. The second-order valence-corrected chi connectivity index (χ2v) is 3.81. The van der Waals surface area contributed by atoms with Gasteiger partial charge in [-0.2, -0.15) is 4.98 Å². The molecule has 100 valence electrons. The van der Waals surface area contributed by atoms with Gasteiger partial charge in [0.1, 0.15) is 23.6 Å². The Morgan fingerprint density at radius 1 is 1.32 bits per heavy atom. The van der Waals surface area contributed by atoms with E-state index in [0.29, 0.717) is 5.69 Å². The van der Waals surface area contributed by atoms with E-state index in [1.54, 1.807) is 6.92 Å². The molecule has 1 heterocycles. The lowest BCUT2D eigenvalue weighted by molar-refractivity contribution is 0.102. The average molecular weight is 267 g/mol. The number of anilines is 2. The number of nitrogens with one attached hydrogen (secondary N) is 2. The second kappa shape index (κ2) is 5.05. The van der Waals surface area contributed by atoms with Gasteiger partial charge in [-0.05, 0) is 19.1 Å². The van der Waals surface area contributed by atoms with E-state index in [0.717, 1.165) is 12.1 Å². The third-order valence-corrected chi connectivity index (χ3v) is 2.39. The largest absolute Gasteiger partial charge is 0.432 e. The molecule has 0 aliphatic heterocycles. The third-order valence-electron chi connectivity index (χ3n) is 2.39. The number of benzene rings is 1. The maximum Gasteiger partial charge on any atom is 0.301 e. The first-order chi connectivity index (χ1) is 9.01. The summed E-state index contributed by atoms with van der Waals surface area (Å²) in [6.07, 6.45) is 1.35. The molecule has 0 unspecified atom stereocenters. The van der Waals surface area contributed by atoms with E-state index in [4.69, 9.17) is 4.42 Å². The van der Waals surface area contributed by atoms with E-state index in [2.05, 4.69) is 15.6 Å². The van der Waals surface area contributed by atoms with Gasteiger partial charge in [0.25, 0.3) is 5.91 Å². The van der Waals surface area contributed by atoms with Gasteiger partial charge in [0.05, 0.1) is 5.69 Å². The number of aryl methyl sites for hydroxylation is 1. The molecule has 0 aliphatic carbocycles. The standard InChI is InChI=1S/C12H11F2N3O2/c1-6-5-19-12(16-6)17-11(18)7-3-8(13)10(15-2)9(14)4-7/h3-5,15H,1-2H3,(H,16,17,18). The molecule has 0 atom stereocenters. The van der Waals surface area contributed by atoms with E-state index in [1.165, 1.54) is 13.3 Å². The highest BCUT2D eigenvalue weighted by Crippen LogP contribution is 2.20. The molecule has 1 aromatic heterocycles. The van der Waals surface area contributed by atoms with Crippen LogP contribution in [0.4, 0.5) is 20.5 Å². The summed E-state index contributed by atoms with van der Waals surface area (Å²) in [4.78, 5) is 15.6. The number of halogens is 2. The van der Waals surface area contributed by atoms with Crippen LogP contribution in [0.25, 0.3) is 0 Å². The summed E-state index contributed by atoms with van der Waals surface area (Å²) in [7, 11) is 1.39. The summed E-state index contributed by atoms with van der Waals surface area (Å²) in [6, 6.07) is 1.83. The van der Waals surface area contributed by atoms with Crippen molar-refractivity contribution < 1.29 is 18.0 Å². The fourth-order valence-electron chi connectivity index (χ4n) is 1.52. The van der Waals surface area contributed by atoms with Crippen molar-refractivity contribution in [1.29, 1.82) is 0 Å². The lowest BCUT2D eigenvalue weighted by Gasteiger charge is -2.06. The van der Waals surface area contributed by atoms with Crippen molar-refractivity contribution in [2.24, 2.45) is 0 Å². The van der Waals surface area contributed by atoms with Crippen LogP contribution in [0.1, 0.15) is 16.1 Å². The summed E-state index contributed by atoms with van der Waals surface area (Å²) in [6.45, 7) is 1.68. The van der Waals surface area contributed by atoms with Crippen LogP contribution >= 0.6 is 0 Å². The zero-order chi connectivity index (χ0) is 14.0. The summed E-state index contributed by atoms with van der Waals surface area (Å²) in [5, 5.41) is 4.67. The normalized spacial score (nSPS) is 10.3.